The summed E-state index contributed by atoms with van der Waals surface area (Å²) in [6, 6.07) is 2.46. The summed E-state index contributed by atoms with van der Waals surface area (Å²) in [5.74, 6) is -9.40. The molecule has 3 N–H and O–H groups in total. The van der Waals surface area contributed by atoms with Crippen LogP contribution in [-0.2, 0) is 32.5 Å². The van der Waals surface area contributed by atoms with E-state index in [2.05, 4.69) is 0 Å². The van der Waals surface area contributed by atoms with Crippen LogP contribution in [0.15, 0.2) is 35.2 Å². The summed E-state index contributed by atoms with van der Waals surface area (Å²) in [7, 11) is -4.32. The van der Waals surface area contributed by atoms with Crippen molar-refractivity contribution in [1.82, 2.24) is 4.90 Å². The molecule has 0 radical (unpaired) electrons. The first kappa shape index (κ1) is 15.6. The van der Waals surface area contributed by atoms with Crippen LogP contribution in [0.1, 0.15) is 27.6 Å². The number of halogens is 3. The Morgan fingerprint density at radius 2 is 1.94 bits per heavy atom. The molecule has 0 bridgehead atoms. The summed E-state index contributed by atoms with van der Waals surface area (Å²) in [6.45, 7) is -9.49. The molecule has 0 spiro atoms. The number of benzene rings is 2. The number of nitrogens with two attached hydrogens (primary N) is 1. The fourth-order valence-corrected chi connectivity index (χ4v) is 2.84. The zero-order valence-electron chi connectivity index (χ0n) is 22.4. The van der Waals surface area contributed by atoms with Crippen molar-refractivity contribution >= 4 is 21.9 Å². The fraction of sp³-hybridized carbons (Fsp3) is 0.263. The van der Waals surface area contributed by atoms with Gasteiger partial charge in [-0.15, -0.1) is 0 Å². The van der Waals surface area contributed by atoms with Crippen LogP contribution < -0.4 is 9.88 Å². The third-order valence-electron chi connectivity index (χ3n) is 3.72. The second-order valence-electron chi connectivity index (χ2n) is 5.94. The molecule has 1 amide bonds. The molecule has 0 saturated carbocycles. The monoisotopic (exact) mass is 467 g/mol. The van der Waals surface area contributed by atoms with Crippen LogP contribution in [0.2, 0.25) is 0 Å². The Hall–Kier alpha value is -3.12. The number of carboxylic acids is 1. The molecule has 2 rings (SSSR count). The number of aliphatic carboxylic acids is 1. The van der Waals surface area contributed by atoms with Gasteiger partial charge in [-0.25, -0.2) is 26.7 Å². The SMILES string of the molecule is [2H]C([2H])(Oc1cc(F)cc(F)c1C([2H])([2H])C([2H])([2H])[2H])C(=O)N(CC(=O)O)Cc1ccc(S(N)(=O)=O)cc1F. The van der Waals surface area contributed by atoms with Crippen molar-refractivity contribution in [3.8, 4) is 5.75 Å². The Kier molecular flexibility index (Phi) is 4.94. The summed E-state index contributed by atoms with van der Waals surface area (Å²) in [5.41, 5.74) is -1.93. The maximum Gasteiger partial charge on any atom is 0.323 e. The topological polar surface area (TPSA) is 127 Å². The molecule has 0 atom stereocenters. The van der Waals surface area contributed by atoms with Gasteiger partial charge in [0.2, 0.25) is 10.0 Å². The molecular formula is C19H19F3N2O6S. The molecule has 8 nitrogen and oxygen atoms in total. The third kappa shape index (κ3) is 6.43. The number of hydrogen-bond donors (Lipinski definition) is 2. The molecule has 2 aromatic rings. The minimum Gasteiger partial charge on any atom is -0.483 e. The van der Waals surface area contributed by atoms with E-state index in [1.807, 2.05) is 0 Å². The lowest BCUT2D eigenvalue weighted by Gasteiger charge is -2.22. The first-order valence-corrected chi connectivity index (χ1v) is 9.63. The highest BCUT2D eigenvalue weighted by molar-refractivity contribution is 7.89. The number of primary sulfonamides is 1. The number of amides is 1. The van der Waals surface area contributed by atoms with Gasteiger partial charge in [-0.3, -0.25) is 9.59 Å². The molecule has 0 unspecified atom stereocenters. The predicted octanol–water partition coefficient (Wildman–Crippen LogP) is 1.81. The van der Waals surface area contributed by atoms with Gasteiger partial charge < -0.3 is 14.7 Å². The standard InChI is InChI=1S/C19H19F3N2O6S/c1-2-14-16(22)5-12(20)6-17(14)30-10-18(25)24(9-19(26)27)8-11-3-4-13(7-15(11)21)31(23,28)29/h3-7H,2,8-10H2,1H3,(H,26,27)(H2,23,28,29)/i1D3,2D2,10D2. The van der Waals surface area contributed by atoms with Gasteiger partial charge >= 0.3 is 5.97 Å². The molecular weight excluding hydrogens is 441 g/mol. The Morgan fingerprint density at radius 3 is 2.52 bits per heavy atom. The van der Waals surface area contributed by atoms with E-state index in [-0.39, 0.29) is 17.0 Å². The van der Waals surface area contributed by atoms with E-state index in [0.717, 1.165) is 12.1 Å². The first-order valence-electron chi connectivity index (χ1n) is 11.6. The number of ether oxygens (including phenoxy) is 1. The average molecular weight is 467 g/mol. The zero-order valence-corrected chi connectivity index (χ0v) is 16.2. The van der Waals surface area contributed by atoms with Gasteiger partial charge in [-0.05, 0) is 18.5 Å². The quantitative estimate of drug-likeness (QED) is 0.579. The van der Waals surface area contributed by atoms with E-state index in [4.69, 9.17) is 24.6 Å². The maximum absolute atomic E-state index is 14.5. The van der Waals surface area contributed by atoms with Gasteiger partial charge in [0.25, 0.3) is 5.91 Å². The molecule has 12 heteroatoms. The van der Waals surface area contributed by atoms with Crippen LogP contribution in [0, 0.1) is 17.5 Å². The molecule has 0 saturated heterocycles. The highest BCUT2D eigenvalue weighted by Gasteiger charge is 2.21. The number of carbonyl (C=O) groups is 2. The maximum atomic E-state index is 14.5. The van der Waals surface area contributed by atoms with Crippen LogP contribution in [0.25, 0.3) is 0 Å². The summed E-state index contributed by atoms with van der Waals surface area (Å²) < 4.78 is 124. The molecule has 0 aromatic heterocycles. The minimum absolute atomic E-state index is 0.105. The molecule has 168 valence electrons. The lowest BCUT2D eigenvalue weighted by atomic mass is 10.1. The molecule has 0 aliphatic heterocycles. The van der Waals surface area contributed by atoms with E-state index in [1.165, 1.54) is 0 Å². The second kappa shape index (κ2) is 9.79. The zero-order chi connectivity index (χ0) is 29.4. The number of nitrogens with zero attached hydrogens (tertiary/aromatic N) is 1. The van der Waals surface area contributed by atoms with Crippen molar-refractivity contribution in [2.45, 2.75) is 24.7 Å². The van der Waals surface area contributed by atoms with E-state index in [0.29, 0.717) is 6.07 Å². The second-order valence-corrected chi connectivity index (χ2v) is 7.50. The van der Waals surface area contributed by atoms with E-state index in [9.17, 15) is 31.2 Å². The highest BCUT2D eigenvalue weighted by Crippen LogP contribution is 2.24. The van der Waals surface area contributed by atoms with Crippen molar-refractivity contribution in [2.24, 2.45) is 5.14 Å². The van der Waals surface area contributed by atoms with Crippen LogP contribution in [-0.4, -0.2) is 43.4 Å². The van der Waals surface area contributed by atoms with Crippen molar-refractivity contribution in [3.63, 3.8) is 0 Å². The molecule has 0 aliphatic rings. The predicted molar refractivity (Wildman–Crippen MR) is 102 cm³/mol. The van der Waals surface area contributed by atoms with Gasteiger partial charge in [0.05, 0.1) is 7.64 Å². The molecule has 0 aliphatic carbocycles. The van der Waals surface area contributed by atoms with Gasteiger partial charge in [-0.2, -0.15) is 0 Å². The van der Waals surface area contributed by atoms with E-state index in [1.54, 1.807) is 0 Å². The van der Waals surface area contributed by atoms with Crippen molar-refractivity contribution in [3.05, 3.63) is 58.9 Å². The normalized spacial score (nSPS) is 15.9. The number of sulfonamides is 1. The van der Waals surface area contributed by atoms with Gasteiger partial charge in [0.1, 0.15) is 29.7 Å². The van der Waals surface area contributed by atoms with Crippen LogP contribution in [0.5, 0.6) is 5.75 Å². The Balaban J connectivity index is 2.52. The van der Waals surface area contributed by atoms with Crippen molar-refractivity contribution in [1.29, 1.82) is 0 Å². The number of carbonyl (C=O) groups excluding carboxylic acids is 1. The number of rotatable bonds is 9. The minimum atomic E-state index is -4.32. The Morgan fingerprint density at radius 1 is 1.23 bits per heavy atom. The largest absolute Gasteiger partial charge is 0.483 e. The van der Waals surface area contributed by atoms with Crippen LogP contribution in [0.4, 0.5) is 13.2 Å². The van der Waals surface area contributed by atoms with E-state index < -0.39 is 94.0 Å². The summed E-state index contributed by atoms with van der Waals surface area (Å²) in [5, 5.41) is 14.0. The number of carboxylic acid groups (broad SMARTS) is 1. The van der Waals surface area contributed by atoms with Gasteiger partial charge in [-0.1, -0.05) is 12.9 Å². The Bertz CT molecular complexity index is 1370. The van der Waals surface area contributed by atoms with Crippen LogP contribution in [0.3, 0.4) is 0 Å². The lowest BCUT2D eigenvalue weighted by Crippen LogP contribution is -2.38. The number of hydrogen-bond acceptors (Lipinski definition) is 5. The molecule has 0 fully saturated rings. The lowest BCUT2D eigenvalue weighted by molar-refractivity contribution is -0.145. The van der Waals surface area contributed by atoms with Crippen LogP contribution >= 0.6 is 0 Å². The van der Waals surface area contributed by atoms with Gasteiger partial charge in [0, 0.05) is 36.7 Å². The molecule has 2 aromatic carbocycles. The summed E-state index contributed by atoms with van der Waals surface area (Å²) in [4.78, 5) is 23.7. The van der Waals surface area contributed by atoms with E-state index >= 15 is 0 Å². The molecule has 0 heterocycles. The highest BCUT2D eigenvalue weighted by atomic mass is 32.2. The Labute approximate surface area is 185 Å². The summed E-state index contributed by atoms with van der Waals surface area (Å²) >= 11 is 0. The first-order chi connectivity index (χ1) is 17.1. The fourth-order valence-electron chi connectivity index (χ4n) is 2.32. The smallest absolute Gasteiger partial charge is 0.323 e. The third-order valence-corrected chi connectivity index (χ3v) is 4.63. The average Bonchev–Trinajstić information content (AvgIpc) is 2.71. The van der Waals surface area contributed by atoms with Crippen molar-refractivity contribution in [2.75, 3.05) is 13.1 Å². The molecule has 31 heavy (non-hydrogen) atoms. The van der Waals surface area contributed by atoms with Crippen molar-refractivity contribution < 1.29 is 50.6 Å². The summed E-state index contributed by atoms with van der Waals surface area (Å²) in [6.07, 6.45) is -3.56. The van der Waals surface area contributed by atoms with Gasteiger partial charge in [0.15, 0.2) is 6.56 Å².